The summed E-state index contributed by atoms with van der Waals surface area (Å²) in [5, 5.41) is 3.40. The van der Waals surface area contributed by atoms with Crippen molar-refractivity contribution in [2.75, 3.05) is 0 Å². The molecular formula is C22H22NO2P. The summed E-state index contributed by atoms with van der Waals surface area (Å²) >= 11 is 0. The van der Waals surface area contributed by atoms with Crippen LogP contribution in [0.4, 0.5) is 0 Å². The van der Waals surface area contributed by atoms with Crippen molar-refractivity contribution in [3.05, 3.63) is 114 Å². The van der Waals surface area contributed by atoms with Crippen molar-refractivity contribution in [2.24, 2.45) is 0 Å². The summed E-state index contributed by atoms with van der Waals surface area (Å²) in [6.45, 7) is 0. The van der Waals surface area contributed by atoms with Gasteiger partial charge in [0.05, 0.1) is 11.8 Å². The SMILES string of the molecule is OP(O)C(/C=C/c1ccccc1)NC(c1ccccc1)c1ccccc1. The van der Waals surface area contributed by atoms with E-state index in [2.05, 4.69) is 5.32 Å². The number of nitrogens with one attached hydrogen (secondary N) is 1. The van der Waals surface area contributed by atoms with Gasteiger partial charge < -0.3 is 9.79 Å². The molecule has 0 fully saturated rings. The normalized spacial score (nSPS) is 12.8. The standard InChI is InChI=1S/C22H22NO2P/c24-26(25)21(17-16-18-10-4-1-5-11-18)23-22(19-12-6-2-7-13-19)20-14-8-3-9-15-20/h1-17,21-25H/b17-16+. The third-order valence-corrected chi connectivity index (χ3v) is 4.94. The highest BCUT2D eigenvalue weighted by atomic mass is 31.2. The zero-order valence-electron chi connectivity index (χ0n) is 14.3. The van der Waals surface area contributed by atoms with Crippen molar-refractivity contribution in [2.45, 2.75) is 11.8 Å². The first-order chi connectivity index (χ1) is 12.7. The summed E-state index contributed by atoms with van der Waals surface area (Å²) in [6.07, 6.45) is 3.73. The van der Waals surface area contributed by atoms with Crippen LogP contribution < -0.4 is 5.32 Å². The molecule has 3 rings (SSSR count). The fourth-order valence-electron chi connectivity index (χ4n) is 2.81. The van der Waals surface area contributed by atoms with Gasteiger partial charge in [0.2, 0.25) is 0 Å². The number of hydrogen-bond donors (Lipinski definition) is 3. The Kier molecular flexibility index (Phi) is 6.70. The Morgan fingerprint density at radius 2 is 1.15 bits per heavy atom. The summed E-state index contributed by atoms with van der Waals surface area (Å²) in [7, 11) is -2.17. The third kappa shape index (κ3) is 5.10. The van der Waals surface area contributed by atoms with Gasteiger partial charge in [0, 0.05) is 0 Å². The van der Waals surface area contributed by atoms with Gasteiger partial charge in [0.25, 0.3) is 0 Å². The Morgan fingerprint density at radius 1 is 0.692 bits per heavy atom. The predicted molar refractivity (Wildman–Crippen MR) is 108 cm³/mol. The Morgan fingerprint density at radius 3 is 1.62 bits per heavy atom. The third-order valence-electron chi connectivity index (χ3n) is 4.12. The molecule has 3 nitrogen and oxygen atoms in total. The second-order valence-corrected chi connectivity index (χ2v) is 7.15. The molecule has 0 saturated carbocycles. The monoisotopic (exact) mass is 363 g/mol. The van der Waals surface area contributed by atoms with Crippen molar-refractivity contribution in [1.29, 1.82) is 0 Å². The second-order valence-electron chi connectivity index (χ2n) is 5.96. The van der Waals surface area contributed by atoms with Crippen molar-refractivity contribution in [1.82, 2.24) is 5.32 Å². The first-order valence-corrected chi connectivity index (χ1v) is 9.82. The lowest BCUT2D eigenvalue weighted by Gasteiger charge is -2.25. The smallest absolute Gasteiger partial charge is 0.187 e. The molecule has 3 aromatic rings. The molecule has 0 saturated heterocycles. The average Bonchev–Trinajstić information content (AvgIpc) is 2.70. The van der Waals surface area contributed by atoms with E-state index in [0.717, 1.165) is 16.7 Å². The summed E-state index contributed by atoms with van der Waals surface area (Å²) in [6, 6.07) is 29.8. The van der Waals surface area contributed by atoms with Gasteiger partial charge >= 0.3 is 0 Å². The quantitative estimate of drug-likeness (QED) is 0.533. The first kappa shape index (κ1) is 18.5. The lowest BCUT2D eigenvalue weighted by Crippen LogP contribution is -2.31. The molecule has 0 aliphatic carbocycles. The summed E-state index contributed by atoms with van der Waals surface area (Å²) in [4.78, 5) is 19.9. The fourth-order valence-corrected chi connectivity index (χ4v) is 3.33. The highest BCUT2D eigenvalue weighted by Crippen LogP contribution is 2.34. The minimum Gasteiger partial charge on any atom is -0.349 e. The maximum Gasteiger partial charge on any atom is 0.187 e. The Balaban J connectivity index is 1.87. The van der Waals surface area contributed by atoms with Crippen LogP contribution in [0.2, 0.25) is 0 Å². The van der Waals surface area contributed by atoms with Crippen molar-refractivity contribution in [3.63, 3.8) is 0 Å². The van der Waals surface area contributed by atoms with Gasteiger partial charge in [-0.05, 0) is 16.7 Å². The van der Waals surface area contributed by atoms with Gasteiger partial charge in [-0.3, -0.25) is 5.32 Å². The molecule has 0 amide bonds. The van der Waals surface area contributed by atoms with E-state index in [-0.39, 0.29) is 6.04 Å². The van der Waals surface area contributed by atoms with Gasteiger partial charge in [0.1, 0.15) is 0 Å². The van der Waals surface area contributed by atoms with Gasteiger partial charge in [-0.25, -0.2) is 0 Å². The number of benzene rings is 3. The molecular weight excluding hydrogens is 341 g/mol. The van der Waals surface area contributed by atoms with Crippen LogP contribution in [-0.2, 0) is 0 Å². The van der Waals surface area contributed by atoms with Crippen LogP contribution in [0.25, 0.3) is 6.08 Å². The minimum absolute atomic E-state index is 0.132. The topological polar surface area (TPSA) is 52.5 Å². The highest BCUT2D eigenvalue weighted by molar-refractivity contribution is 7.46. The predicted octanol–water partition coefficient (Wildman–Crippen LogP) is 4.70. The molecule has 3 aromatic carbocycles. The maximum atomic E-state index is 9.94. The van der Waals surface area contributed by atoms with Gasteiger partial charge in [0.15, 0.2) is 8.38 Å². The molecule has 0 radical (unpaired) electrons. The maximum absolute atomic E-state index is 9.94. The Bertz CT molecular complexity index is 768. The van der Waals surface area contributed by atoms with Crippen LogP contribution in [0.3, 0.4) is 0 Å². The molecule has 132 valence electrons. The van der Waals surface area contributed by atoms with E-state index in [9.17, 15) is 9.79 Å². The van der Waals surface area contributed by atoms with E-state index in [4.69, 9.17) is 0 Å². The molecule has 26 heavy (non-hydrogen) atoms. The summed E-state index contributed by atoms with van der Waals surface area (Å²) in [5.41, 5.74) is 3.18. The van der Waals surface area contributed by atoms with E-state index in [0.29, 0.717) is 0 Å². The Hall–Kier alpha value is -2.29. The largest absolute Gasteiger partial charge is 0.349 e. The highest BCUT2D eigenvalue weighted by Gasteiger charge is 2.21. The van der Waals surface area contributed by atoms with Crippen LogP contribution in [-0.4, -0.2) is 15.6 Å². The van der Waals surface area contributed by atoms with Gasteiger partial charge in [-0.2, -0.15) is 0 Å². The average molecular weight is 363 g/mol. The van der Waals surface area contributed by atoms with E-state index < -0.39 is 14.2 Å². The second kappa shape index (κ2) is 9.42. The molecule has 1 unspecified atom stereocenters. The van der Waals surface area contributed by atoms with Crippen LogP contribution >= 0.6 is 8.38 Å². The van der Waals surface area contributed by atoms with Crippen LogP contribution in [0, 0.1) is 0 Å². The van der Waals surface area contributed by atoms with Crippen LogP contribution in [0.5, 0.6) is 0 Å². The molecule has 4 heteroatoms. The molecule has 0 aliphatic heterocycles. The number of rotatable bonds is 7. The molecule has 0 heterocycles. The molecule has 0 aromatic heterocycles. The summed E-state index contributed by atoms with van der Waals surface area (Å²) < 4.78 is 0. The van der Waals surface area contributed by atoms with Gasteiger partial charge in [-0.15, -0.1) is 0 Å². The van der Waals surface area contributed by atoms with Crippen molar-refractivity contribution in [3.8, 4) is 0 Å². The molecule has 0 aliphatic rings. The van der Waals surface area contributed by atoms with Crippen LogP contribution in [0.15, 0.2) is 97.1 Å². The molecule has 3 N–H and O–H groups in total. The van der Waals surface area contributed by atoms with Crippen LogP contribution in [0.1, 0.15) is 22.7 Å². The minimum atomic E-state index is -2.17. The summed E-state index contributed by atoms with van der Waals surface area (Å²) in [5.74, 6) is -0.546. The zero-order valence-corrected chi connectivity index (χ0v) is 15.2. The van der Waals surface area contributed by atoms with E-state index >= 15 is 0 Å². The molecule has 0 bridgehead atoms. The van der Waals surface area contributed by atoms with Gasteiger partial charge in [-0.1, -0.05) is 103 Å². The number of hydrogen-bond acceptors (Lipinski definition) is 3. The Labute approximate surface area is 155 Å². The fraction of sp³-hybridized carbons (Fsp3) is 0.0909. The molecule has 0 spiro atoms. The van der Waals surface area contributed by atoms with Crippen molar-refractivity contribution < 1.29 is 9.79 Å². The van der Waals surface area contributed by atoms with E-state index in [1.165, 1.54) is 0 Å². The lowest BCUT2D eigenvalue weighted by atomic mass is 9.99. The lowest BCUT2D eigenvalue weighted by molar-refractivity contribution is 0.453. The van der Waals surface area contributed by atoms with Crippen molar-refractivity contribution >= 4 is 14.5 Å². The zero-order chi connectivity index (χ0) is 18.2. The molecule has 1 atom stereocenters. The van der Waals surface area contributed by atoms with E-state index in [1.807, 2.05) is 103 Å². The van der Waals surface area contributed by atoms with E-state index in [1.54, 1.807) is 0 Å². The first-order valence-electron chi connectivity index (χ1n) is 8.50.